The number of nitrogens with zero attached hydrogens (tertiary/aromatic N) is 2. The summed E-state index contributed by atoms with van der Waals surface area (Å²) in [5.41, 5.74) is 0. The van der Waals surface area contributed by atoms with Crippen LogP contribution in [0.25, 0.3) is 0 Å². The molecule has 0 aliphatic carbocycles. The van der Waals surface area contributed by atoms with E-state index in [1.165, 1.54) is 4.90 Å². The van der Waals surface area contributed by atoms with E-state index >= 15 is 0 Å². The van der Waals surface area contributed by atoms with Gasteiger partial charge in [-0.15, -0.1) is 0 Å². The van der Waals surface area contributed by atoms with E-state index in [0.717, 1.165) is 4.90 Å². The largest absolute Gasteiger partial charge is 0.540 e. The van der Waals surface area contributed by atoms with E-state index in [-0.39, 0.29) is 38.7 Å². The smallest absolute Gasteiger partial charge is 0.269 e. The molecule has 0 radical (unpaired) electrons. The van der Waals surface area contributed by atoms with Gasteiger partial charge in [0.2, 0.25) is 0 Å². The summed E-state index contributed by atoms with van der Waals surface area (Å²) < 4.78 is 10.4. The van der Waals surface area contributed by atoms with Crippen LogP contribution in [-0.2, 0) is 14.4 Å². The van der Waals surface area contributed by atoms with Crippen LogP contribution in [0.1, 0.15) is 0 Å². The summed E-state index contributed by atoms with van der Waals surface area (Å²) in [6.45, 7) is 0.747. The fourth-order valence-corrected chi connectivity index (χ4v) is 2.20. The van der Waals surface area contributed by atoms with E-state index in [0.29, 0.717) is 11.5 Å². The Kier molecular flexibility index (Phi) is 5.40. The van der Waals surface area contributed by atoms with Crippen LogP contribution in [0.4, 0.5) is 0 Å². The van der Waals surface area contributed by atoms with Gasteiger partial charge in [-0.25, -0.2) is 0 Å². The number of carboxylic acids is 1. The Morgan fingerprint density at radius 1 is 1.00 bits per heavy atom. The maximum Gasteiger partial charge on any atom is 0.269 e. The predicted molar refractivity (Wildman–Crippen MR) is 76.7 cm³/mol. The van der Waals surface area contributed by atoms with E-state index in [9.17, 15) is 19.5 Å². The van der Waals surface area contributed by atoms with E-state index in [1.807, 2.05) is 0 Å². The zero-order valence-corrected chi connectivity index (χ0v) is 12.7. The lowest BCUT2D eigenvalue weighted by Gasteiger charge is -2.34. The first-order valence-electron chi connectivity index (χ1n) is 7.06. The molecule has 1 aromatic rings. The minimum atomic E-state index is -1.73. The monoisotopic (exact) mass is 321 g/mol. The van der Waals surface area contributed by atoms with Crippen LogP contribution < -0.4 is 14.6 Å². The summed E-state index contributed by atoms with van der Waals surface area (Å²) in [7, 11) is 1.56. The minimum Gasteiger partial charge on any atom is -0.540 e. The molecule has 0 saturated carbocycles. The molecule has 2 rings (SSSR count). The number of piperazine rings is 1. The summed E-state index contributed by atoms with van der Waals surface area (Å²) in [5, 5.41) is 10.5. The van der Waals surface area contributed by atoms with Gasteiger partial charge in [0.15, 0.2) is 6.61 Å². The number of benzene rings is 1. The number of ether oxygens (including phenoxy) is 2. The summed E-state index contributed by atoms with van der Waals surface area (Å²) in [6.07, 6.45) is 0. The maximum absolute atomic E-state index is 12.0. The number of methoxy groups -OCH3 is 1. The fraction of sp³-hybridized carbons (Fsp3) is 0.400. The summed E-state index contributed by atoms with van der Waals surface area (Å²) in [6, 6.07) is 6.85. The highest BCUT2D eigenvalue weighted by molar-refractivity contribution is 6.30. The molecular weight excluding hydrogens is 304 g/mol. The van der Waals surface area contributed by atoms with Gasteiger partial charge in [-0.2, -0.15) is 0 Å². The van der Waals surface area contributed by atoms with Gasteiger partial charge in [0.1, 0.15) is 17.5 Å². The van der Waals surface area contributed by atoms with E-state index in [4.69, 9.17) is 9.47 Å². The summed E-state index contributed by atoms with van der Waals surface area (Å²) in [5.74, 6) is -1.76. The first kappa shape index (κ1) is 16.6. The van der Waals surface area contributed by atoms with Crippen LogP contribution in [0.2, 0.25) is 0 Å². The predicted octanol–water partition coefficient (Wildman–Crippen LogP) is -1.51. The molecule has 0 unspecified atom stereocenters. The molecule has 1 aromatic carbocycles. The Bertz CT molecular complexity index is 578. The maximum atomic E-state index is 12.0. The Hall–Kier alpha value is -2.77. The standard InChI is InChI=1S/C15H18N2O6/c1-22-11-2-4-12(5-3-11)23-10-13(18)16-6-8-17(9-7-16)14(19)15(20)21/h2-5H,6-10H2,1H3,(H,20,21)/p-1. The molecular formula is C15H17N2O6-. The fourth-order valence-electron chi connectivity index (χ4n) is 2.20. The normalized spacial score (nSPS) is 14.3. The van der Waals surface area contributed by atoms with Crippen LogP contribution in [0, 0.1) is 0 Å². The molecule has 0 spiro atoms. The number of carboxylic acid groups (broad SMARTS) is 1. The molecule has 23 heavy (non-hydrogen) atoms. The van der Waals surface area contributed by atoms with Crippen LogP contribution in [0.3, 0.4) is 0 Å². The second-order valence-electron chi connectivity index (χ2n) is 4.92. The molecule has 0 aromatic heterocycles. The molecule has 8 heteroatoms. The van der Waals surface area contributed by atoms with E-state index in [2.05, 4.69) is 0 Å². The number of aliphatic carboxylic acids is 1. The van der Waals surface area contributed by atoms with Crippen molar-refractivity contribution in [1.82, 2.24) is 9.80 Å². The minimum absolute atomic E-state index is 0.124. The number of amides is 2. The first-order valence-corrected chi connectivity index (χ1v) is 7.06. The number of carbonyl (C=O) groups is 3. The van der Waals surface area contributed by atoms with Crippen molar-refractivity contribution in [3.05, 3.63) is 24.3 Å². The van der Waals surface area contributed by atoms with Crippen LogP contribution in [0.5, 0.6) is 11.5 Å². The second-order valence-corrected chi connectivity index (χ2v) is 4.92. The molecule has 1 saturated heterocycles. The van der Waals surface area contributed by atoms with Crippen molar-refractivity contribution in [2.45, 2.75) is 0 Å². The molecule has 0 N–H and O–H groups in total. The Balaban J connectivity index is 1.78. The third-order valence-electron chi connectivity index (χ3n) is 3.52. The van der Waals surface area contributed by atoms with Crippen LogP contribution >= 0.6 is 0 Å². The number of hydrogen-bond acceptors (Lipinski definition) is 6. The highest BCUT2D eigenvalue weighted by Gasteiger charge is 2.24. The number of hydrogen-bond donors (Lipinski definition) is 0. The third-order valence-corrected chi connectivity index (χ3v) is 3.52. The zero-order valence-electron chi connectivity index (χ0n) is 12.7. The molecule has 1 heterocycles. The van der Waals surface area contributed by atoms with Crippen molar-refractivity contribution in [3.8, 4) is 11.5 Å². The lowest BCUT2D eigenvalue weighted by atomic mass is 10.3. The van der Waals surface area contributed by atoms with Gasteiger partial charge in [0, 0.05) is 26.2 Å². The number of carbonyl (C=O) groups excluding carboxylic acids is 3. The molecule has 1 aliphatic heterocycles. The van der Waals surface area contributed by atoms with Gasteiger partial charge in [0.25, 0.3) is 11.8 Å². The molecule has 8 nitrogen and oxygen atoms in total. The Morgan fingerprint density at radius 2 is 1.52 bits per heavy atom. The molecule has 0 atom stereocenters. The van der Waals surface area contributed by atoms with Crippen LogP contribution in [-0.4, -0.2) is 67.5 Å². The molecule has 124 valence electrons. The second kappa shape index (κ2) is 7.48. The molecule has 1 fully saturated rings. The van der Waals surface area contributed by atoms with Crippen LogP contribution in [0.15, 0.2) is 24.3 Å². The van der Waals surface area contributed by atoms with Crippen molar-refractivity contribution in [3.63, 3.8) is 0 Å². The Labute approximate surface area is 133 Å². The quantitative estimate of drug-likeness (QED) is 0.626. The topological polar surface area (TPSA) is 99.2 Å². The lowest BCUT2D eigenvalue weighted by Crippen LogP contribution is -2.55. The average molecular weight is 321 g/mol. The van der Waals surface area contributed by atoms with Gasteiger partial charge >= 0.3 is 0 Å². The van der Waals surface area contributed by atoms with Gasteiger partial charge < -0.3 is 29.2 Å². The lowest BCUT2D eigenvalue weighted by molar-refractivity contribution is -0.301. The highest BCUT2D eigenvalue weighted by atomic mass is 16.5. The van der Waals surface area contributed by atoms with Crippen molar-refractivity contribution >= 4 is 17.8 Å². The van der Waals surface area contributed by atoms with Gasteiger partial charge in [-0.1, -0.05) is 0 Å². The van der Waals surface area contributed by atoms with Crippen molar-refractivity contribution in [2.75, 3.05) is 39.9 Å². The number of rotatable bonds is 4. The molecule has 2 amide bonds. The van der Waals surface area contributed by atoms with Gasteiger partial charge in [0.05, 0.1) is 7.11 Å². The van der Waals surface area contributed by atoms with Crippen molar-refractivity contribution < 1.29 is 29.0 Å². The first-order chi connectivity index (χ1) is 11.0. The zero-order chi connectivity index (χ0) is 16.8. The van der Waals surface area contributed by atoms with E-state index < -0.39 is 11.9 Å². The molecule has 0 bridgehead atoms. The third kappa shape index (κ3) is 4.35. The SMILES string of the molecule is COc1ccc(OCC(=O)N2CCN(C(=O)C(=O)[O-])CC2)cc1. The van der Waals surface area contributed by atoms with Gasteiger partial charge in [-0.3, -0.25) is 9.59 Å². The summed E-state index contributed by atoms with van der Waals surface area (Å²) in [4.78, 5) is 36.5. The average Bonchev–Trinajstić information content (AvgIpc) is 2.59. The van der Waals surface area contributed by atoms with Gasteiger partial charge in [-0.05, 0) is 24.3 Å². The molecule has 1 aliphatic rings. The Morgan fingerprint density at radius 3 is 2.04 bits per heavy atom. The van der Waals surface area contributed by atoms with E-state index in [1.54, 1.807) is 31.4 Å². The van der Waals surface area contributed by atoms with Crippen molar-refractivity contribution in [2.24, 2.45) is 0 Å². The highest BCUT2D eigenvalue weighted by Crippen LogP contribution is 2.17. The summed E-state index contributed by atoms with van der Waals surface area (Å²) >= 11 is 0. The van der Waals surface area contributed by atoms with Crippen molar-refractivity contribution in [1.29, 1.82) is 0 Å².